The van der Waals surface area contributed by atoms with Gasteiger partial charge in [0.2, 0.25) is 5.91 Å². The molecule has 0 radical (unpaired) electrons. The molecule has 5 heteroatoms. The van der Waals surface area contributed by atoms with Crippen LogP contribution in [-0.4, -0.2) is 22.1 Å². The fraction of sp³-hybridized carbons (Fsp3) is 0.364. The second-order valence-corrected chi connectivity index (χ2v) is 6.76. The molecule has 1 heterocycles. The van der Waals surface area contributed by atoms with Crippen LogP contribution in [0.2, 0.25) is 0 Å². The van der Waals surface area contributed by atoms with Crippen molar-refractivity contribution >= 4 is 16.9 Å². The molecule has 0 saturated carbocycles. The number of rotatable bonds is 8. The van der Waals surface area contributed by atoms with Gasteiger partial charge < -0.3 is 14.6 Å². The lowest BCUT2D eigenvalue weighted by atomic mass is 10.1. The number of nitrogens with one attached hydrogen (secondary N) is 1. The zero-order valence-electron chi connectivity index (χ0n) is 16.3. The Kier molecular flexibility index (Phi) is 6.12. The normalized spacial score (nSPS) is 10.9. The minimum atomic E-state index is 0.0582. The van der Waals surface area contributed by atoms with Crippen molar-refractivity contribution in [1.29, 1.82) is 0 Å². The number of aromatic nitrogens is 2. The zero-order valence-corrected chi connectivity index (χ0v) is 16.3. The van der Waals surface area contributed by atoms with E-state index in [0.717, 1.165) is 40.2 Å². The number of fused-ring (bicyclic) bond motifs is 1. The third-order valence-corrected chi connectivity index (χ3v) is 4.62. The van der Waals surface area contributed by atoms with Gasteiger partial charge in [-0.25, -0.2) is 4.98 Å². The zero-order chi connectivity index (χ0) is 19.2. The van der Waals surface area contributed by atoms with Gasteiger partial charge in [-0.15, -0.1) is 0 Å². The molecule has 27 heavy (non-hydrogen) atoms. The highest BCUT2D eigenvalue weighted by Gasteiger charge is 2.12. The van der Waals surface area contributed by atoms with Crippen molar-refractivity contribution in [3.05, 3.63) is 59.4 Å². The minimum Gasteiger partial charge on any atom is -0.491 e. The average molecular weight is 365 g/mol. The molecule has 2 aromatic carbocycles. The average Bonchev–Trinajstić information content (AvgIpc) is 3.00. The molecule has 1 N–H and O–H groups in total. The molecule has 0 aliphatic carbocycles. The summed E-state index contributed by atoms with van der Waals surface area (Å²) in [4.78, 5) is 16.5. The SMILES string of the molecule is CCCC(=O)NCc1nc2ccccc2n1CCOc1c(C)cccc1C. The van der Waals surface area contributed by atoms with Gasteiger partial charge in [0, 0.05) is 6.42 Å². The molecule has 5 nitrogen and oxygen atoms in total. The van der Waals surface area contributed by atoms with Gasteiger partial charge in [0.25, 0.3) is 0 Å². The molecule has 0 aliphatic rings. The van der Waals surface area contributed by atoms with Gasteiger partial charge in [0.15, 0.2) is 0 Å². The molecule has 0 unspecified atom stereocenters. The van der Waals surface area contributed by atoms with E-state index in [1.165, 1.54) is 0 Å². The van der Waals surface area contributed by atoms with Crippen LogP contribution in [0.5, 0.6) is 5.75 Å². The number of para-hydroxylation sites is 3. The molecule has 0 spiro atoms. The minimum absolute atomic E-state index is 0.0582. The van der Waals surface area contributed by atoms with Crippen LogP contribution in [0.4, 0.5) is 0 Å². The molecule has 0 fully saturated rings. The van der Waals surface area contributed by atoms with E-state index < -0.39 is 0 Å². The number of ether oxygens (including phenoxy) is 1. The van der Waals surface area contributed by atoms with Crippen molar-refractivity contribution in [1.82, 2.24) is 14.9 Å². The maximum Gasteiger partial charge on any atom is 0.220 e. The van der Waals surface area contributed by atoms with E-state index in [4.69, 9.17) is 9.72 Å². The Morgan fingerprint density at radius 2 is 1.85 bits per heavy atom. The summed E-state index contributed by atoms with van der Waals surface area (Å²) in [6, 6.07) is 14.2. The lowest BCUT2D eigenvalue weighted by Gasteiger charge is -2.14. The number of carbonyl (C=O) groups excluding carboxylic acids is 1. The van der Waals surface area contributed by atoms with E-state index in [2.05, 4.69) is 41.9 Å². The summed E-state index contributed by atoms with van der Waals surface area (Å²) in [7, 11) is 0. The van der Waals surface area contributed by atoms with Gasteiger partial charge in [-0.05, 0) is 43.5 Å². The molecule has 3 aromatic rings. The van der Waals surface area contributed by atoms with Crippen LogP contribution < -0.4 is 10.1 Å². The first-order valence-corrected chi connectivity index (χ1v) is 9.50. The predicted octanol–water partition coefficient (Wildman–Crippen LogP) is 4.15. The van der Waals surface area contributed by atoms with Gasteiger partial charge in [-0.3, -0.25) is 4.79 Å². The number of carbonyl (C=O) groups is 1. The van der Waals surface area contributed by atoms with Crippen molar-refractivity contribution in [2.45, 2.75) is 46.7 Å². The van der Waals surface area contributed by atoms with Gasteiger partial charge >= 0.3 is 0 Å². The van der Waals surface area contributed by atoms with Crippen LogP contribution >= 0.6 is 0 Å². The summed E-state index contributed by atoms with van der Waals surface area (Å²) >= 11 is 0. The molecular formula is C22H27N3O2. The van der Waals surface area contributed by atoms with E-state index >= 15 is 0 Å². The Morgan fingerprint density at radius 1 is 1.11 bits per heavy atom. The Bertz CT molecular complexity index is 910. The monoisotopic (exact) mass is 365 g/mol. The highest BCUT2D eigenvalue weighted by Crippen LogP contribution is 2.23. The van der Waals surface area contributed by atoms with Crippen molar-refractivity contribution in [2.24, 2.45) is 0 Å². The van der Waals surface area contributed by atoms with E-state index in [-0.39, 0.29) is 5.91 Å². The molecule has 0 bridgehead atoms. The van der Waals surface area contributed by atoms with Crippen LogP contribution in [0.25, 0.3) is 11.0 Å². The summed E-state index contributed by atoms with van der Waals surface area (Å²) in [5.74, 6) is 1.85. The first-order valence-electron chi connectivity index (χ1n) is 9.50. The van der Waals surface area contributed by atoms with Crippen LogP contribution in [0.3, 0.4) is 0 Å². The van der Waals surface area contributed by atoms with Gasteiger partial charge in [-0.2, -0.15) is 0 Å². The summed E-state index contributed by atoms with van der Waals surface area (Å²) in [6.07, 6.45) is 1.38. The number of hydrogen-bond donors (Lipinski definition) is 1. The molecule has 1 amide bonds. The Balaban J connectivity index is 1.76. The molecule has 0 saturated heterocycles. The van der Waals surface area contributed by atoms with Crippen LogP contribution in [0, 0.1) is 13.8 Å². The van der Waals surface area contributed by atoms with Crippen molar-refractivity contribution in [3.63, 3.8) is 0 Å². The Hall–Kier alpha value is -2.82. The fourth-order valence-corrected chi connectivity index (χ4v) is 3.27. The molecular weight excluding hydrogens is 338 g/mol. The number of nitrogens with zero attached hydrogens (tertiary/aromatic N) is 2. The predicted molar refractivity (Wildman–Crippen MR) is 108 cm³/mol. The Labute approximate surface area is 160 Å². The number of aryl methyl sites for hydroxylation is 2. The number of benzene rings is 2. The fourth-order valence-electron chi connectivity index (χ4n) is 3.27. The maximum absolute atomic E-state index is 11.8. The quantitative estimate of drug-likeness (QED) is 0.652. The third kappa shape index (κ3) is 4.48. The Morgan fingerprint density at radius 3 is 2.59 bits per heavy atom. The van der Waals surface area contributed by atoms with Crippen molar-refractivity contribution in [2.75, 3.05) is 6.61 Å². The van der Waals surface area contributed by atoms with Crippen molar-refractivity contribution < 1.29 is 9.53 Å². The standard InChI is InChI=1S/C22H27N3O2/c1-4-8-21(26)23-15-20-24-18-11-5-6-12-19(18)25(20)13-14-27-22-16(2)9-7-10-17(22)3/h5-7,9-12H,4,8,13-15H2,1-3H3,(H,23,26). The second kappa shape index (κ2) is 8.71. The highest BCUT2D eigenvalue weighted by molar-refractivity contribution is 5.77. The van der Waals surface area contributed by atoms with Crippen molar-refractivity contribution in [3.8, 4) is 5.75 Å². The molecule has 3 rings (SSSR count). The lowest BCUT2D eigenvalue weighted by molar-refractivity contribution is -0.121. The molecule has 0 atom stereocenters. The van der Waals surface area contributed by atoms with Gasteiger partial charge in [0.05, 0.1) is 24.1 Å². The first-order chi connectivity index (χ1) is 13.1. The molecule has 1 aromatic heterocycles. The number of hydrogen-bond acceptors (Lipinski definition) is 3. The van der Waals surface area contributed by atoms with E-state index in [9.17, 15) is 4.79 Å². The van der Waals surface area contributed by atoms with Gasteiger partial charge in [0.1, 0.15) is 18.2 Å². The summed E-state index contributed by atoms with van der Waals surface area (Å²) < 4.78 is 8.21. The summed E-state index contributed by atoms with van der Waals surface area (Å²) in [5.41, 5.74) is 4.27. The van der Waals surface area contributed by atoms with Crippen LogP contribution in [-0.2, 0) is 17.9 Å². The third-order valence-electron chi connectivity index (χ3n) is 4.62. The second-order valence-electron chi connectivity index (χ2n) is 6.76. The number of imidazole rings is 1. The van der Waals surface area contributed by atoms with Crippen LogP contribution in [0.15, 0.2) is 42.5 Å². The smallest absolute Gasteiger partial charge is 0.220 e. The summed E-state index contributed by atoms with van der Waals surface area (Å²) in [6.45, 7) is 7.76. The van der Waals surface area contributed by atoms with E-state index in [1.807, 2.05) is 31.2 Å². The van der Waals surface area contributed by atoms with E-state index in [0.29, 0.717) is 26.1 Å². The largest absolute Gasteiger partial charge is 0.491 e. The van der Waals surface area contributed by atoms with Gasteiger partial charge in [-0.1, -0.05) is 37.3 Å². The number of amides is 1. The maximum atomic E-state index is 11.8. The van der Waals surface area contributed by atoms with E-state index in [1.54, 1.807) is 0 Å². The topological polar surface area (TPSA) is 56.2 Å². The first kappa shape index (κ1) is 19.0. The van der Waals surface area contributed by atoms with Crippen LogP contribution in [0.1, 0.15) is 36.7 Å². The lowest BCUT2D eigenvalue weighted by Crippen LogP contribution is -2.24. The highest BCUT2D eigenvalue weighted by atomic mass is 16.5. The summed E-state index contributed by atoms with van der Waals surface area (Å²) in [5, 5.41) is 2.96. The molecule has 0 aliphatic heterocycles. The molecule has 142 valence electrons.